The second kappa shape index (κ2) is 5.75. The normalized spacial score (nSPS) is 11.2. The first-order chi connectivity index (χ1) is 8.97. The Hall–Kier alpha value is -1.33. The monoisotopic (exact) mass is 297 g/mol. The van der Waals surface area contributed by atoms with Gasteiger partial charge in [0.05, 0.1) is 11.0 Å². The van der Waals surface area contributed by atoms with Gasteiger partial charge in [-0.25, -0.2) is 0 Å². The summed E-state index contributed by atoms with van der Waals surface area (Å²) in [6.45, 7) is 4.44. The number of amides is 1. The van der Waals surface area contributed by atoms with Crippen LogP contribution in [0.1, 0.15) is 20.3 Å². The highest BCUT2D eigenvalue weighted by Gasteiger charge is 2.08. The minimum atomic E-state index is 0.0280. The number of aromatic amines is 1. The maximum absolute atomic E-state index is 11.7. The number of hydrogen-bond acceptors (Lipinski definition) is 2. The Morgan fingerprint density at radius 1 is 1.53 bits per heavy atom. The number of carbonyl (C=O) groups excluding carboxylic acids is 1. The number of hydrogen-bond donors (Lipinski definition) is 2. The Labute approximate surface area is 121 Å². The molecule has 0 fully saturated rings. The molecule has 6 heteroatoms. The molecule has 102 valence electrons. The molecule has 0 atom stereocenters. The highest BCUT2D eigenvalue weighted by atomic mass is 35.5. The van der Waals surface area contributed by atoms with Crippen molar-refractivity contribution < 1.29 is 4.79 Å². The molecule has 1 heterocycles. The van der Waals surface area contributed by atoms with Gasteiger partial charge in [-0.2, -0.15) is 0 Å². The molecule has 0 bridgehead atoms. The maximum atomic E-state index is 11.7. The number of nitrogens with one attached hydrogen (secondary N) is 2. The van der Waals surface area contributed by atoms with E-state index >= 15 is 0 Å². The van der Waals surface area contributed by atoms with Crippen LogP contribution < -0.4 is 5.32 Å². The molecule has 2 N–H and O–H groups in total. The van der Waals surface area contributed by atoms with Crippen molar-refractivity contribution in [3.05, 3.63) is 28.0 Å². The molecule has 0 aliphatic carbocycles. The fourth-order valence-corrected chi connectivity index (χ4v) is 2.44. The number of aromatic nitrogens is 2. The minimum Gasteiger partial charge on any atom is -0.354 e. The lowest BCUT2D eigenvalue weighted by atomic mass is 10.3. The summed E-state index contributed by atoms with van der Waals surface area (Å²) in [5, 5.41) is 3.52. The van der Waals surface area contributed by atoms with Gasteiger partial charge in [-0.3, -0.25) is 4.79 Å². The highest BCUT2D eigenvalue weighted by molar-refractivity contribution is 7.71. The van der Waals surface area contributed by atoms with Crippen LogP contribution in [0.5, 0.6) is 0 Å². The lowest BCUT2D eigenvalue weighted by Gasteiger charge is -2.09. The lowest BCUT2D eigenvalue weighted by molar-refractivity contribution is -0.121. The van der Waals surface area contributed by atoms with Crippen molar-refractivity contribution >= 4 is 40.8 Å². The molecule has 0 aliphatic rings. The number of fused-ring (bicyclic) bond motifs is 1. The van der Waals surface area contributed by atoms with E-state index in [9.17, 15) is 4.79 Å². The minimum absolute atomic E-state index is 0.0280. The molecule has 2 aromatic rings. The summed E-state index contributed by atoms with van der Waals surface area (Å²) in [5.41, 5.74) is 1.86. The third-order valence-corrected chi connectivity index (χ3v) is 3.31. The van der Waals surface area contributed by atoms with E-state index in [2.05, 4.69) is 10.3 Å². The van der Waals surface area contributed by atoms with Gasteiger partial charge in [0.15, 0.2) is 4.77 Å². The summed E-state index contributed by atoms with van der Waals surface area (Å²) in [6.07, 6.45) is 0.405. The standard InChI is InChI=1S/C13H16ClN3OS/c1-8(2)15-12(18)5-6-17-11-4-3-9(14)7-10(11)16-13(17)19/h3-4,7-8H,5-6H2,1-2H3,(H,15,18)(H,16,19). The SMILES string of the molecule is CC(C)NC(=O)CCn1c(=S)[nH]c2cc(Cl)ccc21. The first-order valence-corrected chi connectivity index (χ1v) is 6.93. The van der Waals surface area contributed by atoms with Crippen LogP contribution in [0, 0.1) is 4.77 Å². The van der Waals surface area contributed by atoms with Crippen LogP contribution in [0.15, 0.2) is 18.2 Å². The van der Waals surface area contributed by atoms with Gasteiger partial charge >= 0.3 is 0 Å². The third-order valence-electron chi connectivity index (χ3n) is 2.75. The summed E-state index contributed by atoms with van der Waals surface area (Å²) in [7, 11) is 0. The molecule has 1 aromatic heterocycles. The van der Waals surface area contributed by atoms with Crippen molar-refractivity contribution in [3.63, 3.8) is 0 Å². The molecule has 0 spiro atoms. The van der Waals surface area contributed by atoms with Gasteiger partial charge in [-0.15, -0.1) is 0 Å². The average molecular weight is 298 g/mol. The largest absolute Gasteiger partial charge is 0.354 e. The molecule has 1 amide bonds. The third kappa shape index (κ3) is 3.36. The van der Waals surface area contributed by atoms with Crippen molar-refractivity contribution in [3.8, 4) is 0 Å². The summed E-state index contributed by atoms with van der Waals surface area (Å²) >= 11 is 11.2. The molecule has 0 saturated carbocycles. The van der Waals surface area contributed by atoms with Gasteiger partial charge in [0.25, 0.3) is 0 Å². The van der Waals surface area contributed by atoms with E-state index in [0.29, 0.717) is 22.8 Å². The summed E-state index contributed by atoms with van der Waals surface area (Å²) in [5.74, 6) is 0.0280. The van der Waals surface area contributed by atoms with E-state index < -0.39 is 0 Å². The smallest absolute Gasteiger partial charge is 0.221 e. The molecule has 0 unspecified atom stereocenters. The Bertz CT molecular complexity index is 659. The van der Waals surface area contributed by atoms with Gasteiger partial charge in [0, 0.05) is 24.0 Å². The van der Waals surface area contributed by atoms with Crippen molar-refractivity contribution in [1.29, 1.82) is 0 Å². The zero-order valence-electron chi connectivity index (χ0n) is 10.9. The molecular formula is C13H16ClN3OS. The predicted octanol–water partition coefficient (Wildman–Crippen LogP) is 3.27. The molecule has 0 saturated heterocycles. The van der Waals surface area contributed by atoms with Crippen molar-refractivity contribution in [2.45, 2.75) is 32.9 Å². The van der Waals surface area contributed by atoms with E-state index in [-0.39, 0.29) is 11.9 Å². The number of rotatable bonds is 4. The number of aryl methyl sites for hydroxylation is 1. The van der Waals surface area contributed by atoms with Gasteiger partial charge in [0.1, 0.15) is 0 Å². The zero-order chi connectivity index (χ0) is 14.0. The first-order valence-electron chi connectivity index (χ1n) is 6.15. The molecule has 4 nitrogen and oxygen atoms in total. The van der Waals surface area contributed by atoms with Crippen LogP contribution in [0.25, 0.3) is 11.0 Å². The summed E-state index contributed by atoms with van der Waals surface area (Å²) in [4.78, 5) is 14.8. The Balaban J connectivity index is 2.19. The molecule has 19 heavy (non-hydrogen) atoms. The van der Waals surface area contributed by atoms with Crippen LogP contribution in [-0.4, -0.2) is 21.5 Å². The summed E-state index contributed by atoms with van der Waals surface area (Å²) in [6, 6.07) is 5.71. The van der Waals surface area contributed by atoms with Crippen LogP contribution in [0.4, 0.5) is 0 Å². The molecule has 0 radical (unpaired) electrons. The van der Waals surface area contributed by atoms with E-state index in [1.54, 1.807) is 0 Å². The number of nitrogens with zero attached hydrogens (tertiary/aromatic N) is 1. The second-order valence-corrected chi connectivity index (χ2v) is 5.54. The average Bonchev–Trinajstić information content (AvgIpc) is 2.60. The van der Waals surface area contributed by atoms with Crippen molar-refractivity contribution in [1.82, 2.24) is 14.9 Å². The number of H-pyrrole nitrogens is 1. The van der Waals surface area contributed by atoms with E-state index in [1.807, 2.05) is 36.6 Å². The molecule has 0 aliphatic heterocycles. The molecule has 2 rings (SSSR count). The lowest BCUT2D eigenvalue weighted by Crippen LogP contribution is -2.30. The number of benzene rings is 1. The number of carbonyl (C=O) groups is 1. The van der Waals surface area contributed by atoms with Gasteiger partial charge < -0.3 is 14.9 Å². The van der Waals surface area contributed by atoms with E-state index in [1.165, 1.54) is 0 Å². The Kier molecular flexibility index (Phi) is 4.27. The Morgan fingerprint density at radius 3 is 2.95 bits per heavy atom. The van der Waals surface area contributed by atoms with E-state index in [0.717, 1.165) is 11.0 Å². The van der Waals surface area contributed by atoms with Gasteiger partial charge in [-0.05, 0) is 44.3 Å². The van der Waals surface area contributed by atoms with Gasteiger partial charge in [0.2, 0.25) is 5.91 Å². The van der Waals surface area contributed by atoms with Crippen LogP contribution in [0.3, 0.4) is 0 Å². The van der Waals surface area contributed by atoms with Crippen LogP contribution in [0.2, 0.25) is 5.02 Å². The van der Waals surface area contributed by atoms with Crippen LogP contribution in [-0.2, 0) is 11.3 Å². The van der Waals surface area contributed by atoms with Crippen molar-refractivity contribution in [2.75, 3.05) is 0 Å². The van der Waals surface area contributed by atoms with Crippen LogP contribution >= 0.6 is 23.8 Å². The van der Waals surface area contributed by atoms with Crippen molar-refractivity contribution in [2.24, 2.45) is 0 Å². The van der Waals surface area contributed by atoms with Gasteiger partial charge in [-0.1, -0.05) is 11.6 Å². The first kappa shape index (κ1) is 14.1. The summed E-state index contributed by atoms with van der Waals surface area (Å²) < 4.78 is 2.52. The zero-order valence-corrected chi connectivity index (χ0v) is 12.4. The maximum Gasteiger partial charge on any atom is 0.221 e. The molecule has 1 aromatic carbocycles. The quantitative estimate of drug-likeness (QED) is 0.851. The fraction of sp³-hybridized carbons (Fsp3) is 0.385. The topological polar surface area (TPSA) is 49.8 Å². The fourth-order valence-electron chi connectivity index (χ4n) is 1.97. The van der Waals surface area contributed by atoms with E-state index in [4.69, 9.17) is 23.8 Å². The molecular weight excluding hydrogens is 282 g/mol. The number of halogens is 1. The number of imidazole rings is 1. The Morgan fingerprint density at radius 2 is 2.26 bits per heavy atom. The second-order valence-electron chi connectivity index (χ2n) is 4.72. The highest BCUT2D eigenvalue weighted by Crippen LogP contribution is 2.19. The predicted molar refractivity (Wildman–Crippen MR) is 80.0 cm³/mol.